The summed E-state index contributed by atoms with van der Waals surface area (Å²) in [7, 11) is -6.75. The smallest absolute Gasteiger partial charge is 0.376 e. The number of rotatable bonds is 18. The number of unbranched alkanes of at least 4 members (excludes halogenated alkanes) is 4. The quantitative estimate of drug-likeness (QED) is 0.186. The molecular formula is C19H39NO10P2. The van der Waals surface area contributed by atoms with Gasteiger partial charge in [-0.1, -0.05) is 19.3 Å². The molecule has 4 N–H and O–H groups in total. The molecule has 0 amide bonds. The van der Waals surface area contributed by atoms with E-state index in [0.717, 1.165) is 38.8 Å². The maximum Gasteiger partial charge on any atom is 0.472 e. The maximum atomic E-state index is 12.4. The molecular weight excluding hydrogens is 464 g/mol. The van der Waals surface area contributed by atoms with Gasteiger partial charge in [-0.25, -0.2) is 4.57 Å². The van der Waals surface area contributed by atoms with E-state index in [1.807, 2.05) is 0 Å². The van der Waals surface area contributed by atoms with Crippen molar-refractivity contribution in [2.75, 3.05) is 33.5 Å². The van der Waals surface area contributed by atoms with Gasteiger partial charge < -0.3 is 29.5 Å². The summed E-state index contributed by atoms with van der Waals surface area (Å²) >= 11 is 0. The van der Waals surface area contributed by atoms with E-state index < -0.39 is 39.8 Å². The second kappa shape index (κ2) is 14.9. The summed E-state index contributed by atoms with van der Waals surface area (Å²) in [4.78, 5) is 31.0. The van der Waals surface area contributed by atoms with Crippen molar-refractivity contribution in [3.8, 4) is 0 Å². The third-order valence-corrected chi connectivity index (χ3v) is 6.71. The molecule has 1 rings (SSSR count). The third-order valence-electron chi connectivity index (χ3n) is 5.06. The number of hydrogen-bond donors (Lipinski definition) is 3. The maximum absolute atomic E-state index is 12.4. The Hall–Kier alpha value is -0.190. The summed E-state index contributed by atoms with van der Waals surface area (Å²) in [6, 6.07) is 0. The molecule has 1 heterocycles. The molecule has 6 atom stereocenters. The molecule has 190 valence electrons. The molecule has 0 aromatic heterocycles. The first kappa shape index (κ1) is 29.8. The predicted molar refractivity (Wildman–Crippen MR) is 118 cm³/mol. The lowest BCUT2D eigenvalue weighted by Crippen LogP contribution is -2.37. The van der Waals surface area contributed by atoms with E-state index in [2.05, 4.69) is 0 Å². The fourth-order valence-electron chi connectivity index (χ4n) is 3.45. The van der Waals surface area contributed by atoms with Crippen LogP contribution in [-0.2, 0) is 37.0 Å². The van der Waals surface area contributed by atoms with Crippen molar-refractivity contribution < 1.29 is 46.8 Å². The lowest BCUT2D eigenvalue weighted by molar-refractivity contribution is -0.119. The van der Waals surface area contributed by atoms with Gasteiger partial charge in [0.1, 0.15) is 24.1 Å². The molecule has 0 aromatic rings. The van der Waals surface area contributed by atoms with Crippen molar-refractivity contribution in [3.63, 3.8) is 0 Å². The second-order valence-electron chi connectivity index (χ2n) is 8.00. The number of ketones is 1. The molecule has 0 aromatic carbocycles. The van der Waals surface area contributed by atoms with E-state index in [0.29, 0.717) is 25.8 Å². The van der Waals surface area contributed by atoms with Gasteiger partial charge in [-0.15, -0.1) is 0 Å². The van der Waals surface area contributed by atoms with Crippen LogP contribution in [0.1, 0.15) is 58.3 Å². The number of phosphoric acid groups is 1. The minimum atomic E-state index is -4.41. The van der Waals surface area contributed by atoms with Gasteiger partial charge in [0.05, 0.1) is 19.3 Å². The zero-order chi connectivity index (χ0) is 24.2. The number of phosphoric ester groups is 1. The largest absolute Gasteiger partial charge is 0.472 e. The summed E-state index contributed by atoms with van der Waals surface area (Å²) in [5.41, 5.74) is 5.38. The van der Waals surface area contributed by atoms with Crippen LogP contribution in [0.25, 0.3) is 0 Å². The first-order valence-electron chi connectivity index (χ1n) is 11.0. The Balaban J connectivity index is 2.34. The summed E-state index contributed by atoms with van der Waals surface area (Å²) in [5.74, 6) is 0.237. The number of methoxy groups -OCH3 is 1. The molecule has 1 aliphatic heterocycles. The van der Waals surface area contributed by atoms with E-state index in [9.17, 15) is 23.7 Å². The minimum Gasteiger partial charge on any atom is -0.376 e. The van der Waals surface area contributed by atoms with Crippen molar-refractivity contribution in [2.24, 2.45) is 5.73 Å². The Bertz CT molecular complexity index is 644. The van der Waals surface area contributed by atoms with Gasteiger partial charge in [-0.05, 0) is 32.7 Å². The highest BCUT2D eigenvalue weighted by atomic mass is 31.2. The van der Waals surface area contributed by atoms with E-state index in [1.54, 1.807) is 6.92 Å². The highest BCUT2D eigenvalue weighted by Crippen LogP contribution is 2.48. The van der Waals surface area contributed by atoms with Crippen molar-refractivity contribution in [1.29, 1.82) is 0 Å². The third kappa shape index (κ3) is 12.3. The van der Waals surface area contributed by atoms with Crippen LogP contribution >= 0.6 is 15.4 Å². The monoisotopic (exact) mass is 503 g/mol. The van der Waals surface area contributed by atoms with Gasteiger partial charge in [-0.2, -0.15) is 0 Å². The summed E-state index contributed by atoms with van der Waals surface area (Å²) in [5, 5.41) is 0. The fraction of sp³-hybridized carbons (Fsp3) is 0.947. The van der Waals surface area contributed by atoms with Gasteiger partial charge in [0.25, 0.3) is 0 Å². The summed E-state index contributed by atoms with van der Waals surface area (Å²) in [6.45, 7) is 3.00. The van der Waals surface area contributed by atoms with E-state index in [-0.39, 0.29) is 19.0 Å². The molecule has 11 nitrogen and oxygen atoms in total. The minimum absolute atomic E-state index is 0.0337. The van der Waals surface area contributed by atoms with Gasteiger partial charge in [0.15, 0.2) is 0 Å². The molecule has 0 aliphatic carbocycles. The Morgan fingerprint density at radius 1 is 1.00 bits per heavy atom. The SMILES string of the molecule is CO[C@H]1C(OP(=O)(O)OCCCCCCCC(=O)CCCN)[C@@H](COP(C)(=O)O)O[C@H]1C. The average Bonchev–Trinajstić information content (AvgIpc) is 2.99. The lowest BCUT2D eigenvalue weighted by Gasteiger charge is -2.25. The van der Waals surface area contributed by atoms with Crippen LogP contribution in [0.2, 0.25) is 0 Å². The predicted octanol–water partition coefficient (Wildman–Crippen LogP) is 2.77. The summed E-state index contributed by atoms with van der Waals surface area (Å²) in [6.07, 6.45) is 2.78. The first-order chi connectivity index (χ1) is 15.0. The molecule has 0 radical (unpaired) electrons. The Kier molecular flexibility index (Phi) is 13.9. The standard InChI is InChI=1S/C19H39NO10P2/c1-15-18(26-2)19(17(29-15)14-28-31(3,22)23)30-32(24,25)27-13-8-6-4-5-7-10-16(21)11-9-12-20/h15,17-19H,4-14,20H2,1-3H3,(H,22,23)(H,24,25)/t15-,17+,18+,19?/m0/s1. The Morgan fingerprint density at radius 3 is 2.25 bits per heavy atom. The molecule has 1 aliphatic rings. The van der Waals surface area contributed by atoms with Gasteiger partial charge in [0.2, 0.25) is 0 Å². The zero-order valence-electron chi connectivity index (χ0n) is 19.2. The number of carbonyl (C=O) groups excluding carboxylic acids is 1. The number of carbonyl (C=O) groups is 1. The van der Waals surface area contributed by atoms with Crippen molar-refractivity contribution in [3.05, 3.63) is 0 Å². The lowest BCUT2D eigenvalue weighted by atomic mass is 10.1. The van der Waals surface area contributed by atoms with E-state index >= 15 is 0 Å². The molecule has 0 bridgehead atoms. The first-order valence-corrected chi connectivity index (χ1v) is 14.5. The van der Waals surface area contributed by atoms with Crippen molar-refractivity contribution in [2.45, 2.75) is 82.7 Å². The molecule has 1 fully saturated rings. The van der Waals surface area contributed by atoms with Crippen LogP contribution in [0, 0.1) is 0 Å². The normalized spacial score (nSPS) is 27.2. The Morgan fingerprint density at radius 2 is 1.62 bits per heavy atom. The van der Waals surface area contributed by atoms with Crippen LogP contribution in [0.4, 0.5) is 0 Å². The summed E-state index contributed by atoms with van der Waals surface area (Å²) < 4.78 is 50.0. The van der Waals surface area contributed by atoms with Crippen LogP contribution in [0.15, 0.2) is 0 Å². The average molecular weight is 503 g/mol. The molecule has 0 spiro atoms. The molecule has 1 saturated heterocycles. The van der Waals surface area contributed by atoms with Gasteiger partial charge in [0, 0.05) is 26.6 Å². The van der Waals surface area contributed by atoms with Crippen LogP contribution in [0.5, 0.6) is 0 Å². The molecule has 3 unspecified atom stereocenters. The van der Waals surface area contributed by atoms with E-state index in [1.165, 1.54) is 7.11 Å². The number of hydrogen-bond acceptors (Lipinski definition) is 9. The number of ether oxygens (including phenoxy) is 2. The van der Waals surface area contributed by atoms with Crippen LogP contribution in [-0.4, -0.2) is 73.5 Å². The van der Waals surface area contributed by atoms with Crippen molar-refractivity contribution in [1.82, 2.24) is 0 Å². The van der Waals surface area contributed by atoms with Gasteiger partial charge >= 0.3 is 15.4 Å². The topological polar surface area (TPSA) is 164 Å². The molecule has 0 saturated carbocycles. The number of Topliss-reactive ketones (excluding diaryl/α,β-unsaturated/α-hetero) is 1. The highest BCUT2D eigenvalue weighted by Gasteiger charge is 2.47. The molecule has 13 heteroatoms. The molecule has 32 heavy (non-hydrogen) atoms. The van der Waals surface area contributed by atoms with Crippen LogP contribution in [0.3, 0.4) is 0 Å². The van der Waals surface area contributed by atoms with Crippen molar-refractivity contribution >= 4 is 21.2 Å². The fourth-order valence-corrected chi connectivity index (χ4v) is 4.86. The van der Waals surface area contributed by atoms with Crippen LogP contribution < -0.4 is 5.73 Å². The number of nitrogens with two attached hydrogens (primary N) is 1. The Labute approximate surface area is 190 Å². The van der Waals surface area contributed by atoms with Gasteiger partial charge in [-0.3, -0.25) is 18.4 Å². The van der Waals surface area contributed by atoms with E-state index in [4.69, 9.17) is 28.8 Å². The second-order valence-corrected chi connectivity index (χ2v) is 11.3. The zero-order valence-corrected chi connectivity index (χ0v) is 21.0. The highest BCUT2D eigenvalue weighted by molar-refractivity contribution is 7.51.